The molecule has 1 aliphatic rings. The van der Waals surface area contributed by atoms with E-state index in [4.69, 9.17) is 5.26 Å². The first-order valence-corrected chi connectivity index (χ1v) is 2.95. The first-order chi connectivity index (χ1) is 3.88. The molecule has 2 unspecified atom stereocenters. The van der Waals surface area contributed by atoms with E-state index >= 15 is 0 Å². The Morgan fingerprint density at radius 1 is 1.62 bits per heavy atom. The van der Waals surface area contributed by atoms with E-state index in [1.807, 2.05) is 7.05 Å². The van der Waals surface area contributed by atoms with Crippen molar-refractivity contribution < 1.29 is 0 Å². The van der Waals surface area contributed by atoms with Gasteiger partial charge in [0.05, 0.1) is 12.0 Å². The maximum absolute atomic E-state index is 8.40. The molecule has 2 nitrogen and oxygen atoms in total. The fourth-order valence-electron chi connectivity index (χ4n) is 1.00. The molecule has 0 aliphatic heterocycles. The Hall–Kier alpha value is -0.550. The number of nitrogens with one attached hydrogen (secondary N) is 1. The van der Waals surface area contributed by atoms with Gasteiger partial charge < -0.3 is 5.32 Å². The largest absolute Gasteiger partial charge is 0.316 e. The summed E-state index contributed by atoms with van der Waals surface area (Å²) in [5.41, 5.74) is 0. The van der Waals surface area contributed by atoms with Crippen LogP contribution in [0.2, 0.25) is 0 Å². The molecular weight excluding hydrogens is 100 g/mol. The molecule has 2 heteroatoms. The molecule has 0 spiro atoms. The highest BCUT2D eigenvalue weighted by molar-refractivity contribution is 4.99. The van der Waals surface area contributed by atoms with Crippen molar-refractivity contribution in [3.05, 3.63) is 0 Å². The fraction of sp³-hybridized carbons (Fsp3) is 0.833. The first-order valence-electron chi connectivity index (χ1n) is 2.95. The van der Waals surface area contributed by atoms with Crippen molar-refractivity contribution in [3.8, 4) is 6.07 Å². The van der Waals surface area contributed by atoms with Crippen LogP contribution in [-0.2, 0) is 0 Å². The van der Waals surface area contributed by atoms with Gasteiger partial charge in [0, 0.05) is 6.04 Å². The Morgan fingerprint density at radius 2 is 2.38 bits per heavy atom. The molecule has 0 saturated heterocycles. The number of nitrogens with zero attached hydrogens (tertiary/aromatic N) is 1. The van der Waals surface area contributed by atoms with Gasteiger partial charge in [-0.15, -0.1) is 0 Å². The van der Waals surface area contributed by atoms with Crippen LogP contribution in [0.5, 0.6) is 0 Å². The van der Waals surface area contributed by atoms with E-state index in [-0.39, 0.29) is 0 Å². The Labute approximate surface area is 49.5 Å². The van der Waals surface area contributed by atoms with Crippen molar-refractivity contribution in [2.75, 3.05) is 7.05 Å². The highest BCUT2D eigenvalue weighted by atomic mass is 14.9. The molecule has 8 heavy (non-hydrogen) atoms. The van der Waals surface area contributed by atoms with E-state index in [0.29, 0.717) is 12.0 Å². The Morgan fingerprint density at radius 3 is 2.50 bits per heavy atom. The van der Waals surface area contributed by atoms with Crippen LogP contribution in [0.15, 0.2) is 0 Å². The summed E-state index contributed by atoms with van der Waals surface area (Å²) in [5, 5.41) is 11.5. The lowest BCUT2D eigenvalue weighted by molar-refractivity contribution is 0.281. The van der Waals surface area contributed by atoms with E-state index in [1.165, 1.54) is 6.42 Å². The normalized spacial score (nSPS) is 35.5. The van der Waals surface area contributed by atoms with Crippen LogP contribution < -0.4 is 5.32 Å². The van der Waals surface area contributed by atoms with E-state index in [1.54, 1.807) is 0 Å². The van der Waals surface area contributed by atoms with E-state index in [2.05, 4.69) is 11.4 Å². The summed E-state index contributed by atoms with van der Waals surface area (Å²) in [6, 6.07) is 2.73. The van der Waals surface area contributed by atoms with E-state index in [0.717, 1.165) is 6.42 Å². The van der Waals surface area contributed by atoms with E-state index in [9.17, 15) is 0 Å². The quantitative estimate of drug-likeness (QED) is 0.533. The lowest BCUT2D eigenvalue weighted by Gasteiger charge is -2.30. The average Bonchev–Trinajstić information content (AvgIpc) is 1.66. The van der Waals surface area contributed by atoms with Gasteiger partial charge in [-0.25, -0.2) is 0 Å². The molecule has 1 saturated carbocycles. The second-order valence-corrected chi connectivity index (χ2v) is 2.21. The van der Waals surface area contributed by atoms with Crippen LogP contribution in [-0.4, -0.2) is 13.1 Å². The smallest absolute Gasteiger partial charge is 0.0672 e. The molecule has 1 aliphatic carbocycles. The van der Waals surface area contributed by atoms with E-state index < -0.39 is 0 Å². The van der Waals surface area contributed by atoms with Gasteiger partial charge in [0.25, 0.3) is 0 Å². The second-order valence-electron chi connectivity index (χ2n) is 2.21. The molecule has 1 fully saturated rings. The molecule has 0 aromatic rings. The average molecular weight is 110 g/mol. The number of nitriles is 1. The highest BCUT2D eigenvalue weighted by Crippen LogP contribution is 2.25. The molecule has 0 heterocycles. The van der Waals surface area contributed by atoms with Crippen molar-refractivity contribution in [3.63, 3.8) is 0 Å². The molecule has 0 amide bonds. The predicted octanol–water partition coefficient (Wildman–Crippen LogP) is 0.508. The fourth-order valence-corrected chi connectivity index (χ4v) is 1.00. The summed E-state index contributed by atoms with van der Waals surface area (Å²) in [6.07, 6.45) is 2.26. The summed E-state index contributed by atoms with van der Waals surface area (Å²) in [4.78, 5) is 0. The lowest BCUT2D eigenvalue weighted by Crippen LogP contribution is -2.40. The van der Waals surface area contributed by atoms with Gasteiger partial charge in [0.1, 0.15) is 0 Å². The van der Waals surface area contributed by atoms with Gasteiger partial charge >= 0.3 is 0 Å². The number of hydrogen-bond donors (Lipinski definition) is 1. The van der Waals surface area contributed by atoms with Gasteiger partial charge in [-0.05, 0) is 19.9 Å². The molecule has 0 radical (unpaired) electrons. The summed E-state index contributed by atoms with van der Waals surface area (Å²) < 4.78 is 0. The number of hydrogen-bond acceptors (Lipinski definition) is 2. The van der Waals surface area contributed by atoms with Crippen molar-refractivity contribution in [1.29, 1.82) is 5.26 Å². The van der Waals surface area contributed by atoms with Crippen molar-refractivity contribution in [2.45, 2.75) is 18.9 Å². The second kappa shape index (κ2) is 2.15. The number of rotatable bonds is 1. The van der Waals surface area contributed by atoms with Gasteiger partial charge in [-0.2, -0.15) is 5.26 Å². The first kappa shape index (κ1) is 5.58. The van der Waals surface area contributed by atoms with Crippen molar-refractivity contribution in [2.24, 2.45) is 5.92 Å². The van der Waals surface area contributed by atoms with Crippen LogP contribution >= 0.6 is 0 Å². The molecule has 1 rings (SSSR count). The zero-order chi connectivity index (χ0) is 5.98. The predicted molar refractivity (Wildman–Crippen MR) is 31.2 cm³/mol. The third kappa shape index (κ3) is 0.696. The molecule has 1 N–H and O–H groups in total. The Balaban J connectivity index is 2.29. The third-order valence-corrected chi connectivity index (χ3v) is 1.81. The van der Waals surface area contributed by atoms with Crippen LogP contribution in [0.4, 0.5) is 0 Å². The van der Waals surface area contributed by atoms with Crippen LogP contribution in [0.25, 0.3) is 0 Å². The highest BCUT2D eigenvalue weighted by Gasteiger charge is 2.28. The SMILES string of the molecule is CNC1CCC1C#N. The summed E-state index contributed by atoms with van der Waals surface area (Å²) in [5.74, 6) is 0.292. The minimum absolute atomic E-state index is 0.292. The molecule has 44 valence electrons. The Kier molecular flexibility index (Phi) is 1.50. The third-order valence-electron chi connectivity index (χ3n) is 1.81. The van der Waals surface area contributed by atoms with Crippen LogP contribution in [0.3, 0.4) is 0 Å². The maximum atomic E-state index is 8.40. The van der Waals surface area contributed by atoms with Gasteiger partial charge in [0.15, 0.2) is 0 Å². The Bertz CT molecular complexity index is 112. The molecule has 0 bridgehead atoms. The molecule has 0 aromatic carbocycles. The van der Waals surface area contributed by atoms with Crippen LogP contribution in [0, 0.1) is 17.2 Å². The zero-order valence-electron chi connectivity index (χ0n) is 5.02. The summed E-state index contributed by atoms with van der Waals surface area (Å²) in [7, 11) is 1.91. The summed E-state index contributed by atoms with van der Waals surface area (Å²) in [6.45, 7) is 0. The van der Waals surface area contributed by atoms with Crippen molar-refractivity contribution in [1.82, 2.24) is 5.32 Å². The molecule has 2 atom stereocenters. The summed E-state index contributed by atoms with van der Waals surface area (Å²) >= 11 is 0. The minimum atomic E-state index is 0.292. The zero-order valence-corrected chi connectivity index (χ0v) is 5.02. The van der Waals surface area contributed by atoms with Crippen LogP contribution in [0.1, 0.15) is 12.8 Å². The molecular formula is C6H10N2. The lowest BCUT2D eigenvalue weighted by atomic mass is 9.81. The molecule has 0 aromatic heterocycles. The maximum Gasteiger partial charge on any atom is 0.0672 e. The topological polar surface area (TPSA) is 35.8 Å². The van der Waals surface area contributed by atoms with Gasteiger partial charge in [0.2, 0.25) is 0 Å². The van der Waals surface area contributed by atoms with Gasteiger partial charge in [-0.3, -0.25) is 0 Å². The standard InChI is InChI=1S/C6H10N2/c1-8-6-3-2-5(6)4-7/h5-6,8H,2-3H2,1H3. The monoisotopic (exact) mass is 110 g/mol. The minimum Gasteiger partial charge on any atom is -0.316 e. The van der Waals surface area contributed by atoms with Gasteiger partial charge in [-0.1, -0.05) is 0 Å². The van der Waals surface area contributed by atoms with Crippen molar-refractivity contribution >= 4 is 0 Å².